The number of rotatable bonds is 5. The second-order valence-corrected chi connectivity index (χ2v) is 7.41. The minimum atomic E-state index is -3.81. The summed E-state index contributed by atoms with van der Waals surface area (Å²) in [6, 6.07) is 3.41. The number of pyridine rings is 1. The Kier molecular flexibility index (Phi) is 4.62. The predicted octanol–water partition coefficient (Wildman–Crippen LogP) is 0.766. The van der Waals surface area contributed by atoms with Gasteiger partial charge in [0.2, 0.25) is 6.41 Å². The Balaban J connectivity index is 1.72. The van der Waals surface area contributed by atoms with Gasteiger partial charge in [0.15, 0.2) is 10.7 Å². The van der Waals surface area contributed by atoms with Gasteiger partial charge in [-0.1, -0.05) is 5.16 Å². The quantitative estimate of drug-likeness (QED) is 0.779. The maximum absolute atomic E-state index is 12.5. The Morgan fingerprint density at radius 1 is 1.20 bits per heavy atom. The normalized spacial score (nSPS) is 15.3. The monoisotopic (exact) mass is 365 g/mol. The number of hydrogen-bond donors (Lipinski definition) is 1. The van der Waals surface area contributed by atoms with Crippen molar-refractivity contribution >= 4 is 27.9 Å². The molecule has 0 unspecified atom stereocenters. The van der Waals surface area contributed by atoms with Crippen molar-refractivity contribution in [1.82, 2.24) is 15.0 Å². The van der Waals surface area contributed by atoms with Gasteiger partial charge in [0.05, 0.1) is 11.9 Å². The van der Waals surface area contributed by atoms with Gasteiger partial charge in [-0.25, -0.2) is 13.4 Å². The lowest BCUT2D eigenvalue weighted by atomic mass is 10.3. The van der Waals surface area contributed by atoms with Crippen molar-refractivity contribution in [3.63, 3.8) is 0 Å². The SMILES string of the molecule is Cc1noc(C)c1S(=O)(=O)Nc1ccc(N2CCN(C=O)CC2)cn1. The topological polar surface area (TPSA) is 109 Å². The van der Waals surface area contributed by atoms with Crippen molar-refractivity contribution in [1.29, 1.82) is 0 Å². The maximum atomic E-state index is 12.5. The summed E-state index contributed by atoms with van der Waals surface area (Å²) >= 11 is 0. The number of amides is 1. The van der Waals surface area contributed by atoms with Gasteiger partial charge in [0, 0.05) is 26.2 Å². The highest BCUT2D eigenvalue weighted by molar-refractivity contribution is 7.92. The van der Waals surface area contributed by atoms with Crippen LogP contribution < -0.4 is 9.62 Å². The van der Waals surface area contributed by atoms with Crippen LogP contribution in [0.5, 0.6) is 0 Å². The van der Waals surface area contributed by atoms with E-state index in [4.69, 9.17) is 4.52 Å². The molecule has 0 spiro atoms. The van der Waals surface area contributed by atoms with Crippen LogP contribution >= 0.6 is 0 Å². The molecule has 25 heavy (non-hydrogen) atoms. The van der Waals surface area contributed by atoms with Crippen molar-refractivity contribution in [2.75, 3.05) is 35.8 Å². The highest BCUT2D eigenvalue weighted by Gasteiger charge is 2.24. The predicted molar refractivity (Wildman–Crippen MR) is 90.9 cm³/mol. The van der Waals surface area contributed by atoms with Gasteiger partial charge >= 0.3 is 0 Å². The van der Waals surface area contributed by atoms with E-state index in [1.807, 2.05) is 0 Å². The molecule has 2 aromatic heterocycles. The highest BCUT2D eigenvalue weighted by Crippen LogP contribution is 2.23. The molecule has 1 fully saturated rings. The molecule has 2 aromatic rings. The van der Waals surface area contributed by atoms with E-state index in [-0.39, 0.29) is 16.5 Å². The van der Waals surface area contributed by atoms with Gasteiger partial charge in [0.25, 0.3) is 10.0 Å². The second kappa shape index (κ2) is 6.71. The van der Waals surface area contributed by atoms with Crippen LogP contribution in [0.15, 0.2) is 27.7 Å². The van der Waals surface area contributed by atoms with Crippen molar-refractivity contribution in [3.8, 4) is 0 Å². The van der Waals surface area contributed by atoms with Crippen LogP contribution in [0.2, 0.25) is 0 Å². The number of carbonyl (C=O) groups excluding carboxylic acids is 1. The van der Waals surface area contributed by atoms with Gasteiger partial charge in [-0.3, -0.25) is 9.52 Å². The van der Waals surface area contributed by atoms with Crippen LogP contribution in [-0.2, 0) is 14.8 Å². The first-order chi connectivity index (χ1) is 11.9. The molecule has 9 nitrogen and oxygen atoms in total. The van der Waals surface area contributed by atoms with E-state index in [1.54, 1.807) is 37.1 Å². The largest absolute Gasteiger partial charge is 0.367 e. The molecule has 0 aliphatic carbocycles. The fourth-order valence-electron chi connectivity index (χ4n) is 2.77. The average Bonchev–Trinajstić information content (AvgIpc) is 2.95. The van der Waals surface area contributed by atoms with Crippen molar-refractivity contribution in [2.45, 2.75) is 18.7 Å². The number of anilines is 2. The van der Waals surface area contributed by atoms with E-state index < -0.39 is 10.0 Å². The minimum Gasteiger partial charge on any atom is -0.367 e. The molecule has 0 radical (unpaired) electrons. The molecule has 3 rings (SSSR count). The van der Waals surface area contributed by atoms with Crippen molar-refractivity contribution in [3.05, 3.63) is 29.8 Å². The Morgan fingerprint density at radius 3 is 2.44 bits per heavy atom. The number of nitrogens with one attached hydrogen (secondary N) is 1. The minimum absolute atomic E-state index is 0.0309. The molecule has 1 amide bonds. The van der Waals surface area contributed by atoms with Crippen molar-refractivity contribution < 1.29 is 17.7 Å². The Labute approximate surface area is 145 Å². The lowest BCUT2D eigenvalue weighted by Crippen LogP contribution is -2.45. The van der Waals surface area contributed by atoms with Gasteiger partial charge in [-0.2, -0.15) is 0 Å². The molecule has 0 saturated carbocycles. The van der Waals surface area contributed by atoms with Gasteiger partial charge < -0.3 is 14.3 Å². The molecular formula is C15H19N5O4S. The first-order valence-corrected chi connectivity index (χ1v) is 9.25. The fraction of sp³-hybridized carbons (Fsp3) is 0.400. The van der Waals surface area contributed by atoms with E-state index in [9.17, 15) is 13.2 Å². The summed E-state index contributed by atoms with van der Waals surface area (Å²) in [7, 11) is -3.81. The van der Waals surface area contributed by atoms with Crippen molar-refractivity contribution in [2.24, 2.45) is 0 Å². The summed E-state index contributed by atoms with van der Waals surface area (Å²) in [5.41, 5.74) is 1.18. The maximum Gasteiger partial charge on any atom is 0.268 e. The average molecular weight is 365 g/mol. The molecule has 3 heterocycles. The van der Waals surface area contributed by atoms with Crippen LogP contribution in [0, 0.1) is 13.8 Å². The Bertz CT molecular complexity index is 835. The number of piperazine rings is 1. The number of nitrogens with zero attached hydrogens (tertiary/aromatic N) is 4. The second-order valence-electron chi connectivity index (χ2n) is 5.79. The molecule has 0 atom stereocenters. The van der Waals surface area contributed by atoms with Crippen LogP contribution in [0.25, 0.3) is 0 Å². The van der Waals surface area contributed by atoms with Crippen LogP contribution in [0.1, 0.15) is 11.5 Å². The summed E-state index contributed by atoms with van der Waals surface area (Å²) < 4.78 is 32.3. The van der Waals surface area contributed by atoms with Crippen LogP contribution in [0.4, 0.5) is 11.5 Å². The molecular weight excluding hydrogens is 346 g/mol. The lowest BCUT2D eigenvalue weighted by molar-refractivity contribution is -0.118. The van der Waals surface area contributed by atoms with E-state index in [1.165, 1.54) is 0 Å². The fourth-order valence-corrected chi connectivity index (χ4v) is 4.11. The van der Waals surface area contributed by atoms with Crippen LogP contribution in [0.3, 0.4) is 0 Å². The third kappa shape index (κ3) is 3.58. The zero-order valence-electron chi connectivity index (χ0n) is 14.0. The molecule has 1 N–H and O–H groups in total. The number of carbonyl (C=O) groups is 1. The van der Waals surface area contributed by atoms with Gasteiger partial charge in [-0.15, -0.1) is 0 Å². The summed E-state index contributed by atoms with van der Waals surface area (Å²) in [6.07, 6.45) is 2.46. The molecule has 10 heteroatoms. The summed E-state index contributed by atoms with van der Waals surface area (Å²) in [5.74, 6) is 0.449. The number of sulfonamides is 1. The molecule has 1 aliphatic heterocycles. The Hall–Kier alpha value is -2.62. The third-order valence-electron chi connectivity index (χ3n) is 4.05. The van der Waals surface area contributed by atoms with E-state index in [2.05, 4.69) is 19.8 Å². The molecule has 0 aromatic carbocycles. The smallest absolute Gasteiger partial charge is 0.268 e. The zero-order valence-corrected chi connectivity index (χ0v) is 14.8. The van der Waals surface area contributed by atoms with Gasteiger partial charge in [0.1, 0.15) is 11.5 Å². The van der Waals surface area contributed by atoms with E-state index in [0.29, 0.717) is 31.9 Å². The lowest BCUT2D eigenvalue weighted by Gasteiger charge is -2.33. The zero-order chi connectivity index (χ0) is 18.0. The standard InChI is InChI=1S/C15H19N5O4S/c1-11-15(12(2)24-17-11)25(22,23)18-14-4-3-13(9-16-14)20-7-5-19(10-21)6-8-20/h3-4,9-10H,5-8H2,1-2H3,(H,16,18). The first kappa shape index (κ1) is 17.2. The summed E-state index contributed by atoms with van der Waals surface area (Å²) in [4.78, 5) is 18.8. The number of aryl methyl sites for hydroxylation is 2. The highest BCUT2D eigenvalue weighted by atomic mass is 32.2. The van der Waals surface area contributed by atoms with E-state index >= 15 is 0 Å². The molecule has 0 bridgehead atoms. The number of aromatic nitrogens is 2. The van der Waals surface area contributed by atoms with Gasteiger partial charge in [-0.05, 0) is 26.0 Å². The van der Waals surface area contributed by atoms with Crippen LogP contribution in [-0.4, -0.2) is 56.0 Å². The Morgan fingerprint density at radius 2 is 1.92 bits per heavy atom. The molecule has 134 valence electrons. The summed E-state index contributed by atoms with van der Waals surface area (Å²) in [5, 5.41) is 3.66. The molecule has 1 saturated heterocycles. The molecule has 1 aliphatic rings. The first-order valence-electron chi connectivity index (χ1n) is 7.77. The third-order valence-corrected chi connectivity index (χ3v) is 5.65. The summed E-state index contributed by atoms with van der Waals surface area (Å²) in [6.45, 7) is 5.85. The van der Waals surface area contributed by atoms with E-state index in [0.717, 1.165) is 12.1 Å². The number of hydrogen-bond acceptors (Lipinski definition) is 7.